The molecule has 3 aromatic heterocycles. The van der Waals surface area contributed by atoms with Crippen molar-refractivity contribution in [2.24, 2.45) is 0 Å². The van der Waals surface area contributed by atoms with Gasteiger partial charge in [0.05, 0.1) is 22.8 Å². The van der Waals surface area contributed by atoms with Crippen molar-refractivity contribution in [3.8, 4) is 22.8 Å². The second kappa shape index (κ2) is 6.76. The van der Waals surface area contributed by atoms with E-state index in [-0.39, 0.29) is 0 Å². The lowest BCUT2D eigenvalue weighted by molar-refractivity contribution is 0.589. The van der Waals surface area contributed by atoms with E-state index in [9.17, 15) is 0 Å². The van der Waals surface area contributed by atoms with Gasteiger partial charge in [-0.05, 0) is 36.4 Å². The molecule has 4 rings (SSSR count). The van der Waals surface area contributed by atoms with Crippen molar-refractivity contribution in [3.63, 3.8) is 0 Å². The summed E-state index contributed by atoms with van der Waals surface area (Å²) in [6.07, 6.45) is 3.60. The van der Waals surface area contributed by atoms with Gasteiger partial charge >= 0.3 is 0 Å². The average molecular weight is 317 g/mol. The van der Waals surface area contributed by atoms with Crippen LogP contribution in [-0.4, -0.2) is 41.1 Å². The van der Waals surface area contributed by atoms with E-state index in [1.807, 2.05) is 36.4 Å². The summed E-state index contributed by atoms with van der Waals surface area (Å²) in [5, 5.41) is 3.40. The molecule has 24 heavy (non-hydrogen) atoms. The molecule has 5 nitrogen and oxygen atoms in total. The quantitative estimate of drug-likeness (QED) is 0.805. The summed E-state index contributed by atoms with van der Waals surface area (Å²) in [6, 6.07) is 16.1. The summed E-state index contributed by atoms with van der Waals surface area (Å²) < 4.78 is 0. The van der Waals surface area contributed by atoms with Gasteiger partial charge in [0.15, 0.2) is 0 Å². The number of piperazine rings is 1. The summed E-state index contributed by atoms with van der Waals surface area (Å²) in [5.41, 5.74) is 4.70. The first kappa shape index (κ1) is 14.8. The largest absolute Gasteiger partial charge is 0.369 e. The van der Waals surface area contributed by atoms with Crippen molar-refractivity contribution in [1.29, 1.82) is 0 Å². The zero-order valence-corrected chi connectivity index (χ0v) is 13.4. The highest BCUT2D eigenvalue weighted by molar-refractivity contribution is 5.69. The molecular weight excluding hydrogens is 298 g/mol. The third-order valence-electron chi connectivity index (χ3n) is 4.15. The molecule has 4 heterocycles. The molecule has 0 unspecified atom stereocenters. The molecule has 0 amide bonds. The minimum Gasteiger partial charge on any atom is -0.369 e. The highest BCUT2D eigenvalue weighted by atomic mass is 15.2. The highest BCUT2D eigenvalue weighted by Crippen LogP contribution is 2.27. The van der Waals surface area contributed by atoms with Crippen LogP contribution in [0.3, 0.4) is 0 Å². The standard InChI is InChI=1S/C19H19N5/c1-3-7-21-16(5-1)18-13-15(24-11-9-20-10-12-24)14-19(23-18)17-6-2-4-8-22-17/h1-8,13-14,20H,9-12H2. The fraction of sp³-hybridized carbons (Fsp3) is 0.211. The summed E-state index contributed by atoms with van der Waals surface area (Å²) in [5.74, 6) is 0. The van der Waals surface area contributed by atoms with Crippen LogP contribution in [0.15, 0.2) is 60.9 Å². The second-order valence-electron chi connectivity index (χ2n) is 5.76. The van der Waals surface area contributed by atoms with Crippen LogP contribution in [0.4, 0.5) is 5.69 Å². The molecule has 0 atom stereocenters. The first-order chi connectivity index (χ1) is 11.9. The molecule has 1 aliphatic rings. The van der Waals surface area contributed by atoms with Crippen molar-refractivity contribution < 1.29 is 0 Å². The van der Waals surface area contributed by atoms with Gasteiger partial charge in [-0.3, -0.25) is 9.97 Å². The lowest BCUT2D eigenvalue weighted by Gasteiger charge is -2.30. The van der Waals surface area contributed by atoms with Crippen LogP contribution < -0.4 is 10.2 Å². The maximum Gasteiger partial charge on any atom is 0.0914 e. The third kappa shape index (κ3) is 3.12. The summed E-state index contributed by atoms with van der Waals surface area (Å²) in [7, 11) is 0. The van der Waals surface area contributed by atoms with Crippen LogP contribution in [-0.2, 0) is 0 Å². The maximum atomic E-state index is 4.80. The Kier molecular flexibility index (Phi) is 4.16. The number of nitrogens with zero attached hydrogens (tertiary/aromatic N) is 4. The zero-order valence-electron chi connectivity index (χ0n) is 13.4. The van der Waals surface area contributed by atoms with Crippen molar-refractivity contribution in [2.45, 2.75) is 0 Å². The van der Waals surface area contributed by atoms with Crippen LogP contribution in [0, 0.1) is 0 Å². The van der Waals surface area contributed by atoms with Crippen molar-refractivity contribution in [1.82, 2.24) is 20.3 Å². The Morgan fingerprint density at radius 1 is 0.750 bits per heavy atom. The zero-order chi connectivity index (χ0) is 16.2. The van der Waals surface area contributed by atoms with E-state index in [0.717, 1.165) is 49.0 Å². The number of rotatable bonds is 3. The first-order valence-electron chi connectivity index (χ1n) is 8.21. The Labute approximate surface area is 141 Å². The summed E-state index contributed by atoms with van der Waals surface area (Å²) in [6.45, 7) is 3.99. The Hall–Kier alpha value is -2.79. The Morgan fingerprint density at radius 3 is 1.83 bits per heavy atom. The Bertz CT molecular complexity index is 741. The normalized spacial score (nSPS) is 14.6. The Morgan fingerprint density at radius 2 is 1.33 bits per heavy atom. The average Bonchev–Trinajstić information content (AvgIpc) is 2.70. The molecule has 0 aliphatic carbocycles. The lowest BCUT2D eigenvalue weighted by atomic mass is 10.1. The predicted octanol–water partition coefficient (Wildman–Crippen LogP) is 2.62. The third-order valence-corrected chi connectivity index (χ3v) is 4.15. The van der Waals surface area contributed by atoms with Crippen LogP contribution in [0.1, 0.15) is 0 Å². The van der Waals surface area contributed by atoms with Gasteiger partial charge in [-0.25, -0.2) is 4.98 Å². The molecule has 0 bridgehead atoms. The van der Waals surface area contributed by atoms with Gasteiger partial charge in [0.25, 0.3) is 0 Å². The molecule has 1 N–H and O–H groups in total. The number of pyridine rings is 3. The van der Waals surface area contributed by atoms with Gasteiger partial charge in [-0.1, -0.05) is 12.1 Å². The van der Waals surface area contributed by atoms with Gasteiger partial charge in [-0.15, -0.1) is 0 Å². The summed E-state index contributed by atoms with van der Waals surface area (Å²) >= 11 is 0. The van der Waals surface area contributed by atoms with E-state index in [2.05, 4.69) is 32.3 Å². The van der Waals surface area contributed by atoms with E-state index >= 15 is 0 Å². The predicted molar refractivity (Wildman–Crippen MR) is 95.8 cm³/mol. The molecular formula is C19H19N5. The molecule has 120 valence electrons. The van der Waals surface area contributed by atoms with Crippen molar-refractivity contribution in [3.05, 3.63) is 60.9 Å². The maximum absolute atomic E-state index is 4.80. The van der Waals surface area contributed by atoms with Gasteiger partial charge < -0.3 is 10.2 Å². The SMILES string of the molecule is c1ccc(-c2cc(N3CCNCC3)cc(-c3ccccn3)n2)nc1. The van der Waals surface area contributed by atoms with E-state index in [4.69, 9.17) is 4.98 Å². The molecule has 3 aromatic rings. The molecule has 0 spiro atoms. The van der Waals surface area contributed by atoms with Gasteiger partial charge in [0, 0.05) is 44.3 Å². The lowest BCUT2D eigenvalue weighted by Crippen LogP contribution is -2.43. The Balaban J connectivity index is 1.81. The molecule has 1 fully saturated rings. The van der Waals surface area contributed by atoms with Gasteiger partial charge in [0.2, 0.25) is 0 Å². The smallest absolute Gasteiger partial charge is 0.0914 e. The van der Waals surface area contributed by atoms with Crippen LogP contribution in [0.2, 0.25) is 0 Å². The number of nitrogens with one attached hydrogen (secondary N) is 1. The van der Waals surface area contributed by atoms with E-state index in [0.29, 0.717) is 0 Å². The van der Waals surface area contributed by atoms with E-state index in [1.54, 1.807) is 12.4 Å². The second-order valence-corrected chi connectivity index (χ2v) is 5.76. The van der Waals surface area contributed by atoms with Crippen molar-refractivity contribution >= 4 is 5.69 Å². The molecule has 5 heteroatoms. The van der Waals surface area contributed by atoms with Gasteiger partial charge in [0.1, 0.15) is 0 Å². The van der Waals surface area contributed by atoms with Crippen LogP contribution in [0.25, 0.3) is 22.8 Å². The monoisotopic (exact) mass is 317 g/mol. The molecule has 1 aliphatic heterocycles. The molecule has 0 saturated carbocycles. The number of aromatic nitrogens is 3. The van der Waals surface area contributed by atoms with Crippen LogP contribution >= 0.6 is 0 Å². The topological polar surface area (TPSA) is 53.9 Å². The molecule has 1 saturated heterocycles. The fourth-order valence-corrected chi connectivity index (χ4v) is 2.91. The summed E-state index contributed by atoms with van der Waals surface area (Å²) in [4.78, 5) is 16.1. The highest BCUT2D eigenvalue weighted by Gasteiger charge is 2.15. The molecule has 0 radical (unpaired) electrons. The number of anilines is 1. The number of hydrogen-bond donors (Lipinski definition) is 1. The minimum atomic E-state index is 0.881. The minimum absolute atomic E-state index is 0.881. The van der Waals surface area contributed by atoms with Crippen molar-refractivity contribution in [2.75, 3.05) is 31.1 Å². The fourth-order valence-electron chi connectivity index (χ4n) is 2.91. The van der Waals surface area contributed by atoms with Gasteiger partial charge in [-0.2, -0.15) is 0 Å². The van der Waals surface area contributed by atoms with E-state index in [1.165, 1.54) is 5.69 Å². The number of hydrogen-bond acceptors (Lipinski definition) is 5. The molecule has 0 aromatic carbocycles. The van der Waals surface area contributed by atoms with E-state index < -0.39 is 0 Å². The first-order valence-corrected chi connectivity index (χ1v) is 8.21. The van der Waals surface area contributed by atoms with Crippen LogP contribution in [0.5, 0.6) is 0 Å².